The lowest BCUT2D eigenvalue weighted by Gasteiger charge is -2.40. The van der Waals surface area contributed by atoms with E-state index in [9.17, 15) is 24.8 Å². The highest BCUT2D eigenvalue weighted by Crippen LogP contribution is 2.37. The number of nitrogens with two attached hydrogens (primary N) is 1. The topological polar surface area (TPSA) is 143 Å². The van der Waals surface area contributed by atoms with Crippen LogP contribution in [0.1, 0.15) is 27.5 Å². The van der Waals surface area contributed by atoms with Crippen LogP contribution in [0.2, 0.25) is 6.32 Å². The summed E-state index contributed by atoms with van der Waals surface area (Å²) < 4.78 is 11.2. The Morgan fingerprint density at radius 3 is 2.57 bits per heavy atom. The number of aromatic hydroxyl groups is 1. The van der Waals surface area contributed by atoms with Gasteiger partial charge in [-0.05, 0) is 42.1 Å². The van der Waals surface area contributed by atoms with Crippen molar-refractivity contribution in [3.63, 3.8) is 0 Å². The number of likely N-dealkylation sites (tertiary alicyclic amines) is 1. The van der Waals surface area contributed by atoms with E-state index in [4.69, 9.17) is 15.1 Å². The van der Waals surface area contributed by atoms with Gasteiger partial charge in [-0.15, -0.1) is 0 Å². The number of carbonyl (C=O) groups excluding carboxylic acids is 1. The van der Waals surface area contributed by atoms with Gasteiger partial charge >= 0.3 is 13.1 Å². The smallest absolute Gasteiger partial charge is 0.522 e. The van der Waals surface area contributed by atoms with Gasteiger partial charge in [-0.3, -0.25) is 4.79 Å². The molecule has 0 saturated carbocycles. The molecule has 30 heavy (non-hydrogen) atoms. The van der Waals surface area contributed by atoms with Crippen LogP contribution in [0.15, 0.2) is 36.4 Å². The number of carboxylic acid groups (broad SMARTS) is 1. The molecule has 0 aromatic heterocycles. The van der Waals surface area contributed by atoms with Crippen LogP contribution in [0, 0.1) is 0 Å². The molecule has 2 aliphatic rings. The molecular weight excluding hydrogens is 391 g/mol. The number of carbonyl (C=O) groups is 2. The normalized spacial score (nSPS) is 16.9. The lowest BCUT2D eigenvalue weighted by atomic mass is 9.78. The number of carboxylic acids is 1. The molecule has 10 heteroatoms. The quantitative estimate of drug-likeness (QED) is 0.528. The second-order valence-electron chi connectivity index (χ2n) is 7.40. The second kappa shape index (κ2) is 7.89. The molecule has 1 amide bonds. The number of phenolic OH excluding ortho intramolecular Hbond substituents is 1. The van der Waals surface area contributed by atoms with Gasteiger partial charge in [-0.25, -0.2) is 4.79 Å². The molecule has 2 aromatic carbocycles. The fourth-order valence-electron chi connectivity index (χ4n) is 3.61. The molecule has 1 fully saturated rings. The molecule has 0 aliphatic carbocycles. The summed E-state index contributed by atoms with van der Waals surface area (Å²) in [5.74, 6) is -1.14. The highest BCUT2D eigenvalue weighted by Gasteiger charge is 2.37. The Morgan fingerprint density at radius 1 is 1.20 bits per heavy atom. The largest absolute Gasteiger partial charge is 0.535 e. The number of benzene rings is 2. The summed E-state index contributed by atoms with van der Waals surface area (Å²) in [7, 11) is -1.05. The maximum Gasteiger partial charge on any atom is 0.522 e. The zero-order valence-electron chi connectivity index (χ0n) is 16.0. The van der Waals surface area contributed by atoms with Crippen molar-refractivity contribution < 1.29 is 34.2 Å². The minimum Gasteiger partial charge on any atom is -0.535 e. The number of ether oxygens (including phenoxy) is 1. The van der Waals surface area contributed by atoms with E-state index in [2.05, 4.69) is 0 Å². The molecule has 4 rings (SSSR count). The first kappa shape index (κ1) is 20.1. The average Bonchev–Trinajstić information content (AvgIpc) is 2.69. The van der Waals surface area contributed by atoms with E-state index in [1.165, 1.54) is 17.0 Å². The molecule has 1 unspecified atom stereocenters. The Bertz CT molecular complexity index is 976. The Balaban J connectivity index is 1.42. The van der Waals surface area contributed by atoms with Crippen molar-refractivity contribution in [2.45, 2.75) is 24.9 Å². The Kier molecular flexibility index (Phi) is 5.27. The lowest BCUT2D eigenvalue weighted by molar-refractivity contribution is -0.141. The summed E-state index contributed by atoms with van der Waals surface area (Å²) >= 11 is 0. The van der Waals surface area contributed by atoms with Crippen LogP contribution in [-0.2, 0) is 11.2 Å². The number of amides is 1. The summed E-state index contributed by atoms with van der Waals surface area (Å²) in [5.41, 5.74) is 7.18. The minimum atomic E-state index is -1.21. The highest BCUT2D eigenvalue weighted by molar-refractivity contribution is 6.44. The van der Waals surface area contributed by atoms with Gasteiger partial charge in [0.2, 0.25) is 5.91 Å². The molecule has 0 bridgehead atoms. The molecule has 5 N–H and O–H groups in total. The van der Waals surface area contributed by atoms with Gasteiger partial charge in [0.15, 0.2) is 0 Å². The van der Waals surface area contributed by atoms with Crippen LogP contribution in [0.25, 0.3) is 0 Å². The molecular formula is C20H21BN2O7. The van der Waals surface area contributed by atoms with Gasteiger partial charge in [-0.1, -0.05) is 18.2 Å². The molecule has 156 valence electrons. The van der Waals surface area contributed by atoms with Crippen LogP contribution in [0.3, 0.4) is 0 Å². The summed E-state index contributed by atoms with van der Waals surface area (Å²) in [5, 5.41) is 28.7. The first-order valence-corrected chi connectivity index (χ1v) is 9.57. The van der Waals surface area contributed by atoms with Crippen LogP contribution in [-0.4, -0.2) is 58.3 Å². The molecule has 9 nitrogen and oxygen atoms in total. The summed E-state index contributed by atoms with van der Waals surface area (Å²) in [4.78, 5) is 25.9. The summed E-state index contributed by atoms with van der Waals surface area (Å²) in [6.45, 7) is 0.536. The summed E-state index contributed by atoms with van der Waals surface area (Å²) in [6, 6.07) is 8.56. The molecule has 2 aliphatic heterocycles. The number of aromatic carboxylic acids is 1. The van der Waals surface area contributed by atoms with Crippen molar-refractivity contribution in [3.05, 3.63) is 53.1 Å². The molecule has 2 aromatic rings. The molecule has 2 heterocycles. The Morgan fingerprint density at radius 2 is 1.90 bits per heavy atom. The highest BCUT2D eigenvalue weighted by atomic mass is 16.5. The first-order valence-electron chi connectivity index (χ1n) is 9.57. The number of hydrogen-bond acceptors (Lipinski definition) is 7. The van der Waals surface area contributed by atoms with E-state index in [0.29, 0.717) is 23.9 Å². The Hall–Kier alpha value is -3.24. The lowest BCUT2D eigenvalue weighted by Crippen LogP contribution is -2.58. The van der Waals surface area contributed by atoms with Crippen molar-refractivity contribution in [3.8, 4) is 17.2 Å². The predicted molar refractivity (Wildman–Crippen MR) is 107 cm³/mol. The van der Waals surface area contributed by atoms with E-state index < -0.39 is 19.1 Å². The van der Waals surface area contributed by atoms with E-state index in [0.717, 1.165) is 0 Å². The molecule has 1 saturated heterocycles. The van der Waals surface area contributed by atoms with Gasteiger partial charge in [0.1, 0.15) is 35.0 Å². The van der Waals surface area contributed by atoms with Crippen molar-refractivity contribution in [1.29, 1.82) is 0 Å². The Labute approximate surface area is 172 Å². The van der Waals surface area contributed by atoms with Gasteiger partial charge in [0, 0.05) is 0 Å². The molecule has 0 radical (unpaired) electrons. The zero-order chi connectivity index (χ0) is 21.4. The number of nitrogens with zero attached hydrogens (tertiary/aromatic N) is 1. The number of fused-ring (bicyclic) bond motifs is 1. The van der Waals surface area contributed by atoms with E-state index in [1.807, 2.05) is 0 Å². The third-order valence-electron chi connectivity index (χ3n) is 5.30. The number of hydrogen-bond donors (Lipinski definition) is 4. The minimum absolute atomic E-state index is 0.0894. The fourth-order valence-corrected chi connectivity index (χ4v) is 3.61. The van der Waals surface area contributed by atoms with E-state index in [-0.39, 0.29) is 47.9 Å². The number of aryl methyl sites for hydroxylation is 1. The average molecular weight is 412 g/mol. The first-order chi connectivity index (χ1) is 14.3. The third kappa shape index (κ3) is 3.79. The number of phenols is 1. The van der Waals surface area contributed by atoms with Crippen molar-refractivity contribution in [2.24, 2.45) is 5.73 Å². The van der Waals surface area contributed by atoms with Crippen molar-refractivity contribution in [2.75, 3.05) is 13.1 Å². The van der Waals surface area contributed by atoms with Crippen LogP contribution < -0.4 is 15.1 Å². The van der Waals surface area contributed by atoms with Gasteiger partial charge < -0.3 is 35.3 Å². The second-order valence-corrected chi connectivity index (χ2v) is 7.40. The van der Waals surface area contributed by atoms with E-state index in [1.54, 1.807) is 24.3 Å². The SMILES string of the molecule is NC(C(=O)N1CC(Oc2ccc3c(c2C(=O)O)OB(O)CC3)C1)c1ccc(O)cc1. The van der Waals surface area contributed by atoms with Crippen LogP contribution in [0.5, 0.6) is 17.2 Å². The predicted octanol–water partition coefficient (Wildman–Crippen LogP) is 0.795. The monoisotopic (exact) mass is 412 g/mol. The summed E-state index contributed by atoms with van der Waals surface area (Å²) in [6.07, 6.45) is 0.524. The van der Waals surface area contributed by atoms with Gasteiger partial charge in [0.05, 0.1) is 13.1 Å². The number of rotatable bonds is 5. The third-order valence-corrected chi connectivity index (χ3v) is 5.30. The molecule has 1 atom stereocenters. The van der Waals surface area contributed by atoms with Crippen molar-refractivity contribution >= 4 is 19.0 Å². The van der Waals surface area contributed by atoms with Gasteiger partial charge in [0.25, 0.3) is 0 Å². The fraction of sp³-hybridized carbons (Fsp3) is 0.300. The van der Waals surface area contributed by atoms with Crippen LogP contribution >= 0.6 is 0 Å². The zero-order valence-corrected chi connectivity index (χ0v) is 16.0. The van der Waals surface area contributed by atoms with E-state index >= 15 is 0 Å². The standard InChI is InChI=1S/C20H21BN2O7/c22-17(11-1-4-13(24)5-2-11)19(25)23-9-14(10-23)29-15-6-3-12-7-8-21(28)30-18(12)16(15)20(26)27/h1-6,14,17,24,28H,7-10,22H2,(H,26,27). The maximum absolute atomic E-state index is 12.6. The maximum atomic E-state index is 12.6. The molecule has 0 spiro atoms. The van der Waals surface area contributed by atoms with Crippen molar-refractivity contribution in [1.82, 2.24) is 4.90 Å². The van der Waals surface area contributed by atoms with Gasteiger partial charge in [-0.2, -0.15) is 0 Å². The van der Waals surface area contributed by atoms with Crippen LogP contribution in [0.4, 0.5) is 0 Å².